The minimum atomic E-state index is -0.614. The first-order chi connectivity index (χ1) is 12.1. The van der Waals surface area contributed by atoms with Gasteiger partial charge in [0, 0.05) is 18.5 Å². The summed E-state index contributed by atoms with van der Waals surface area (Å²) in [7, 11) is 1.61. The van der Waals surface area contributed by atoms with E-state index in [0.717, 1.165) is 16.7 Å². The van der Waals surface area contributed by atoms with Crippen molar-refractivity contribution < 1.29 is 13.9 Å². The normalized spacial score (nSPS) is 10.6. The Morgan fingerprint density at radius 2 is 1.84 bits per heavy atom. The number of hydrogen-bond acceptors (Lipinski definition) is 4. The van der Waals surface area contributed by atoms with E-state index < -0.39 is 5.63 Å². The molecule has 0 spiro atoms. The maximum absolute atomic E-state index is 12.8. The van der Waals surface area contributed by atoms with Gasteiger partial charge in [-0.15, -0.1) is 0 Å². The molecule has 128 valence electrons. The Morgan fingerprint density at radius 1 is 1.12 bits per heavy atom. The van der Waals surface area contributed by atoms with E-state index in [4.69, 9.17) is 9.15 Å². The lowest BCUT2D eigenvalue weighted by molar-refractivity contribution is 0.0748. The van der Waals surface area contributed by atoms with Gasteiger partial charge in [0.15, 0.2) is 0 Å². The number of carbonyl (C=O) groups is 1. The van der Waals surface area contributed by atoms with Crippen LogP contribution in [0.3, 0.4) is 0 Å². The zero-order valence-electron chi connectivity index (χ0n) is 14.2. The zero-order valence-corrected chi connectivity index (χ0v) is 14.2. The van der Waals surface area contributed by atoms with Crippen LogP contribution < -0.4 is 10.4 Å². The summed E-state index contributed by atoms with van der Waals surface area (Å²) in [5.41, 5.74) is 0.870. The Hall–Kier alpha value is -3.08. The first-order valence-electron chi connectivity index (χ1n) is 8.07. The molecule has 0 fully saturated rings. The Labute approximate surface area is 145 Å². The number of nitrogens with zero attached hydrogens (tertiary/aromatic N) is 1. The van der Waals surface area contributed by atoms with Crippen LogP contribution in [0.4, 0.5) is 0 Å². The van der Waals surface area contributed by atoms with Crippen molar-refractivity contribution in [1.29, 1.82) is 0 Å². The lowest BCUT2D eigenvalue weighted by Crippen LogP contribution is -2.33. The molecule has 0 bridgehead atoms. The van der Waals surface area contributed by atoms with Crippen LogP contribution in [0.1, 0.15) is 22.8 Å². The van der Waals surface area contributed by atoms with Gasteiger partial charge in [0.1, 0.15) is 16.9 Å². The van der Waals surface area contributed by atoms with Crippen LogP contribution in [0, 0.1) is 0 Å². The molecule has 0 radical (unpaired) electrons. The Morgan fingerprint density at radius 3 is 2.52 bits per heavy atom. The third kappa shape index (κ3) is 3.55. The lowest BCUT2D eigenvalue weighted by Gasteiger charge is -2.20. The highest BCUT2D eigenvalue weighted by molar-refractivity contribution is 5.96. The average molecular weight is 337 g/mol. The monoisotopic (exact) mass is 337 g/mol. The fraction of sp³-hybridized carbons (Fsp3) is 0.200. The third-order valence-electron chi connectivity index (χ3n) is 4.07. The van der Waals surface area contributed by atoms with Crippen LogP contribution in [0.15, 0.2) is 63.8 Å². The number of ether oxygens (including phenoxy) is 1. The predicted molar refractivity (Wildman–Crippen MR) is 95.9 cm³/mol. The van der Waals surface area contributed by atoms with E-state index in [1.807, 2.05) is 43.3 Å². The number of benzene rings is 2. The van der Waals surface area contributed by atoms with Gasteiger partial charge in [-0.05, 0) is 36.8 Å². The summed E-state index contributed by atoms with van der Waals surface area (Å²) < 4.78 is 10.4. The zero-order chi connectivity index (χ0) is 17.8. The van der Waals surface area contributed by atoms with E-state index in [1.54, 1.807) is 30.2 Å². The molecule has 0 aliphatic carbocycles. The minimum Gasteiger partial charge on any atom is -0.497 e. The molecule has 0 saturated carbocycles. The maximum atomic E-state index is 12.8. The minimum absolute atomic E-state index is 0.0501. The molecular formula is C20H19NO4. The average Bonchev–Trinajstić information content (AvgIpc) is 2.65. The lowest BCUT2D eigenvalue weighted by atomic mass is 10.1. The van der Waals surface area contributed by atoms with Crippen LogP contribution in [0.5, 0.6) is 5.75 Å². The molecular weight excluding hydrogens is 318 g/mol. The van der Waals surface area contributed by atoms with E-state index in [9.17, 15) is 9.59 Å². The molecule has 5 heteroatoms. The van der Waals surface area contributed by atoms with Crippen molar-refractivity contribution in [3.05, 3.63) is 76.1 Å². The van der Waals surface area contributed by atoms with E-state index in [1.165, 1.54) is 0 Å². The summed E-state index contributed by atoms with van der Waals surface area (Å²) in [5.74, 6) is 0.422. The SMILES string of the molecule is CCN(Cc1ccc(OC)cc1)C(=O)c1cc2ccccc2oc1=O. The molecule has 0 unspecified atom stereocenters. The molecule has 1 heterocycles. The fourth-order valence-electron chi connectivity index (χ4n) is 2.66. The number of hydrogen-bond donors (Lipinski definition) is 0. The van der Waals surface area contributed by atoms with Gasteiger partial charge in [0.05, 0.1) is 7.11 Å². The quantitative estimate of drug-likeness (QED) is 0.669. The van der Waals surface area contributed by atoms with Gasteiger partial charge in [-0.25, -0.2) is 4.79 Å². The van der Waals surface area contributed by atoms with Crippen LogP contribution in [0.25, 0.3) is 11.0 Å². The van der Waals surface area contributed by atoms with Crippen molar-refractivity contribution in [1.82, 2.24) is 4.90 Å². The second-order valence-corrected chi connectivity index (χ2v) is 5.65. The number of methoxy groups -OCH3 is 1. The highest BCUT2D eigenvalue weighted by Crippen LogP contribution is 2.16. The molecule has 2 aromatic carbocycles. The topological polar surface area (TPSA) is 59.8 Å². The molecule has 0 N–H and O–H groups in total. The summed E-state index contributed by atoms with van der Waals surface area (Å²) in [6, 6.07) is 16.2. The van der Waals surface area contributed by atoms with E-state index >= 15 is 0 Å². The molecule has 3 rings (SSSR count). The van der Waals surface area contributed by atoms with E-state index in [2.05, 4.69) is 0 Å². The third-order valence-corrected chi connectivity index (χ3v) is 4.07. The van der Waals surface area contributed by atoms with Gasteiger partial charge >= 0.3 is 5.63 Å². The summed E-state index contributed by atoms with van der Waals surface area (Å²) in [4.78, 5) is 26.6. The molecule has 1 amide bonds. The summed E-state index contributed by atoms with van der Waals surface area (Å²) >= 11 is 0. The summed E-state index contributed by atoms with van der Waals surface area (Å²) in [5, 5.41) is 0.728. The van der Waals surface area contributed by atoms with E-state index in [0.29, 0.717) is 18.7 Å². The highest BCUT2D eigenvalue weighted by Gasteiger charge is 2.19. The maximum Gasteiger partial charge on any atom is 0.349 e. The van der Waals surface area contributed by atoms with Gasteiger partial charge in [0.2, 0.25) is 0 Å². The molecule has 0 atom stereocenters. The van der Waals surface area contributed by atoms with E-state index in [-0.39, 0.29) is 11.5 Å². The number of fused-ring (bicyclic) bond motifs is 1. The van der Waals surface area contributed by atoms with Crippen LogP contribution in [-0.4, -0.2) is 24.5 Å². The molecule has 0 saturated heterocycles. The molecule has 1 aromatic heterocycles. The largest absolute Gasteiger partial charge is 0.497 e. The fourth-order valence-corrected chi connectivity index (χ4v) is 2.66. The van der Waals surface area contributed by atoms with Gasteiger partial charge in [-0.3, -0.25) is 4.79 Å². The predicted octanol–water partition coefficient (Wildman–Crippen LogP) is 3.46. The number of para-hydroxylation sites is 1. The van der Waals surface area contributed by atoms with Crippen molar-refractivity contribution >= 4 is 16.9 Å². The molecule has 5 nitrogen and oxygen atoms in total. The van der Waals surface area contributed by atoms with Gasteiger partial charge in [0.25, 0.3) is 5.91 Å². The number of amides is 1. The van der Waals surface area contributed by atoms with Crippen LogP contribution in [-0.2, 0) is 6.54 Å². The van der Waals surface area contributed by atoms with Gasteiger partial charge < -0.3 is 14.1 Å². The molecule has 25 heavy (non-hydrogen) atoms. The smallest absolute Gasteiger partial charge is 0.349 e. The van der Waals surface area contributed by atoms with Crippen molar-refractivity contribution in [2.75, 3.05) is 13.7 Å². The second-order valence-electron chi connectivity index (χ2n) is 5.65. The van der Waals surface area contributed by atoms with Crippen LogP contribution in [0.2, 0.25) is 0 Å². The Kier molecular flexibility index (Phi) is 4.84. The van der Waals surface area contributed by atoms with Crippen molar-refractivity contribution in [3.8, 4) is 5.75 Å². The first kappa shape index (κ1) is 16.8. The molecule has 3 aromatic rings. The number of rotatable bonds is 5. The van der Waals surface area contributed by atoms with Gasteiger partial charge in [-0.1, -0.05) is 30.3 Å². The summed E-state index contributed by atoms with van der Waals surface area (Å²) in [6.45, 7) is 2.77. The van der Waals surface area contributed by atoms with Crippen LogP contribution >= 0.6 is 0 Å². The molecule has 0 aliphatic rings. The highest BCUT2D eigenvalue weighted by atomic mass is 16.5. The Bertz CT molecular complexity index is 944. The van der Waals surface area contributed by atoms with Gasteiger partial charge in [-0.2, -0.15) is 0 Å². The molecule has 0 aliphatic heterocycles. The second kappa shape index (κ2) is 7.21. The first-order valence-corrected chi connectivity index (χ1v) is 8.07. The van der Waals surface area contributed by atoms with Crippen molar-refractivity contribution in [2.24, 2.45) is 0 Å². The van der Waals surface area contributed by atoms with Crippen molar-refractivity contribution in [2.45, 2.75) is 13.5 Å². The number of carbonyl (C=O) groups excluding carboxylic acids is 1. The summed E-state index contributed by atoms with van der Waals surface area (Å²) in [6.07, 6.45) is 0. The standard InChI is InChI=1S/C20H19NO4/c1-3-21(13-14-8-10-16(24-2)11-9-14)19(22)17-12-15-6-4-5-7-18(15)25-20(17)23/h4-12H,3,13H2,1-2H3. The Balaban J connectivity index is 1.88. The van der Waals surface area contributed by atoms with Crippen molar-refractivity contribution in [3.63, 3.8) is 0 Å².